The van der Waals surface area contributed by atoms with Crippen molar-refractivity contribution in [2.24, 2.45) is 22.1 Å². The monoisotopic (exact) mass is 532 g/mol. The van der Waals surface area contributed by atoms with Crippen molar-refractivity contribution in [1.82, 2.24) is 4.98 Å². The van der Waals surface area contributed by atoms with E-state index in [0.717, 1.165) is 41.5 Å². The molecule has 1 atom stereocenters. The molecule has 0 spiro atoms. The summed E-state index contributed by atoms with van der Waals surface area (Å²) in [6.45, 7) is 2.53. The van der Waals surface area contributed by atoms with Crippen LogP contribution in [0.4, 0.5) is 11.5 Å². The van der Waals surface area contributed by atoms with Crippen molar-refractivity contribution < 1.29 is 19.1 Å². The smallest absolute Gasteiger partial charge is 0.229 e. The second-order valence-corrected chi connectivity index (χ2v) is 9.34. The fourth-order valence-corrected chi connectivity index (χ4v) is 4.13. The Morgan fingerprint density at radius 3 is 2.85 bits per heavy atom. The van der Waals surface area contributed by atoms with E-state index < -0.39 is 5.41 Å². The summed E-state index contributed by atoms with van der Waals surface area (Å²) < 4.78 is 10.3. The molecule has 0 radical (unpaired) electrons. The first-order chi connectivity index (χ1) is 19.0. The van der Waals surface area contributed by atoms with Crippen LogP contribution in [0.3, 0.4) is 0 Å². The van der Waals surface area contributed by atoms with Crippen molar-refractivity contribution in [2.45, 2.75) is 25.7 Å². The molecule has 10 heteroatoms. The molecule has 1 aliphatic rings. The van der Waals surface area contributed by atoms with Gasteiger partial charge in [0.25, 0.3) is 0 Å². The minimum Gasteiger partial charge on any atom is -0.404 e. The number of amides is 1. The number of hydrogen-bond acceptors (Lipinski definition) is 9. The van der Waals surface area contributed by atoms with Gasteiger partial charge in [0.1, 0.15) is 17.5 Å². The van der Waals surface area contributed by atoms with E-state index in [1.807, 2.05) is 24.3 Å². The number of methoxy groups -OCH3 is 1. The number of rotatable bonds is 17. The van der Waals surface area contributed by atoms with Gasteiger partial charge in [-0.2, -0.15) is 5.26 Å². The molecule has 1 aromatic carbocycles. The second-order valence-electron chi connectivity index (χ2n) is 9.34. The zero-order valence-electron chi connectivity index (χ0n) is 22.3. The van der Waals surface area contributed by atoms with Gasteiger partial charge in [-0.05, 0) is 42.4 Å². The van der Waals surface area contributed by atoms with Gasteiger partial charge in [-0.25, -0.2) is 4.98 Å². The molecule has 1 unspecified atom stereocenters. The Labute approximate surface area is 229 Å². The van der Waals surface area contributed by atoms with Crippen LogP contribution in [0.15, 0.2) is 53.8 Å². The number of aromatic nitrogens is 1. The van der Waals surface area contributed by atoms with Crippen LogP contribution in [-0.2, 0) is 25.5 Å². The highest BCUT2D eigenvalue weighted by molar-refractivity contribution is 6.09. The Kier molecular flexibility index (Phi) is 11.6. The van der Waals surface area contributed by atoms with Gasteiger partial charge in [-0.15, -0.1) is 0 Å². The third-order valence-electron chi connectivity index (χ3n) is 6.45. The van der Waals surface area contributed by atoms with Crippen molar-refractivity contribution in [3.05, 3.63) is 59.9 Å². The van der Waals surface area contributed by atoms with Crippen LogP contribution in [0, 0.1) is 22.7 Å². The number of nitrogens with two attached hydrogens (primary N) is 1. The van der Waals surface area contributed by atoms with Crippen molar-refractivity contribution >= 4 is 35.5 Å². The van der Waals surface area contributed by atoms with Crippen molar-refractivity contribution in [3.63, 3.8) is 0 Å². The maximum absolute atomic E-state index is 12.7. The fourth-order valence-electron chi connectivity index (χ4n) is 4.13. The lowest BCUT2D eigenvalue weighted by Crippen LogP contribution is -2.26. The van der Waals surface area contributed by atoms with E-state index >= 15 is 0 Å². The number of benzene rings is 1. The number of nitrogens with one attached hydrogen (secondary N) is 2. The minimum absolute atomic E-state index is 0.154. The number of aliphatic imine (C=N–C) groups is 1. The largest absolute Gasteiger partial charge is 0.404 e. The molecule has 1 heterocycles. The van der Waals surface area contributed by atoms with Gasteiger partial charge in [0, 0.05) is 49.6 Å². The third kappa shape index (κ3) is 9.32. The molecular formula is C29H36N6O4. The van der Waals surface area contributed by atoms with Gasteiger partial charge < -0.3 is 30.6 Å². The quantitative estimate of drug-likeness (QED) is 0.160. The number of allylic oxidation sites excluding steroid dienone is 1. The number of aldehydes is 1. The molecule has 4 N–H and O–H groups in total. The Bertz CT molecular complexity index is 1200. The molecule has 0 bridgehead atoms. The van der Waals surface area contributed by atoms with Crippen LogP contribution < -0.4 is 16.4 Å². The third-order valence-corrected chi connectivity index (χ3v) is 6.45. The van der Waals surface area contributed by atoms with E-state index in [2.05, 4.69) is 26.7 Å². The lowest BCUT2D eigenvalue weighted by molar-refractivity contribution is -0.116. The number of pyridine rings is 1. The number of carbonyl (C=O) groups is 2. The van der Waals surface area contributed by atoms with E-state index in [9.17, 15) is 14.9 Å². The number of hydrogen-bond donors (Lipinski definition) is 3. The average Bonchev–Trinajstić information content (AvgIpc) is 3.79. The highest BCUT2D eigenvalue weighted by Crippen LogP contribution is 2.46. The lowest BCUT2D eigenvalue weighted by atomic mass is 9.82. The van der Waals surface area contributed by atoms with Crippen molar-refractivity contribution in [1.29, 1.82) is 5.26 Å². The predicted octanol–water partition coefficient (Wildman–Crippen LogP) is 3.22. The summed E-state index contributed by atoms with van der Waals surface area (Å²) in [7, 11) is 1.63. The fraction of sp³-hybridized carbons (Fsp3) is 0.414. The molecule has 3 rings (SSSR count). The van der Waals surface area contributed by atoms with Crippen molar-refractivity contribution in [3.8, 4) is 6.07 Å². The highest BCUT2D eigenvalue weighted by atomic mass is 16.5. The second kappa shape index (κ2) is 15.4. The van der Waals surface area contributed by atoms with Crippen molar-refractivity contribution in [2.75, 3.05) is 50.7 Å². The zero-order valence-corrected chi connectivity index (χ0v) is 22.3. The topological polar surface area (TPSA) is 152 Å². The maximum atomic E-state index is 12.7. The van der Waals surface area contributed by atoms with Crippen LogP contribution in [-0.4, -0.2) is 63.4 Å². The Balaban J connectivity index is 1.51. The Morgan fingerprint density at radius 1 is 1.28 bits per heavy atom. The SMILES string of the molecule is COCCOCCN=CC(=CN)c1cccc(CC(=O)Nc2cc(NCCC(C#N)(C=O)C3CC3)ccn2)c1. The van der Waals surface area contributed by atoms with Crippen LogP contribution in [0.5, 0.6) is 0 Å². The van der Waals surface area contributed by atoms with Gasteiger partial charge in [0.2, 0.25) is 5.91 Å². The Morgan fingerprint density at radius 2 is 2.13 bits per heavy atom. The van der Waals surface area contributed by atoms with Gasteiger partial charge >= 0.3 is 0 Å². The summed E-state index contributed by atoms with van der Waals surface area (Å²) in [5, 5.41) is 15.6. The molecule has 0 saturated heterocycles. The van der Waals surface area contributed by atoms with Gasteiger partial charge in [0.15, 0.2) is 0 Å². The first kappa shape index (κ1) is 29.5. The standard InChI is InChI=1S/C29H36N6O4/c1-38-13-14-39-12-11-32-19-24(18-30)23-4-2-3-22(15-23)16-28(37)35-27-17-26(7-9-34-27)33-10-8-29(20-31,21-36)25-5-6-25/h2-4,7,9,15,17-19,21,25H,5-6,8,10-14,16,30H2,1H3,(H2,33,34,35,37). The van der Waals surface area contributed by atoms with E-state index in [-0.39, 0.29) is 18.2 Å². The first-order valence-electron chi connectivity index (χ1n) is 13.0. The van der Waals surface area contributed by atoms with E-state index in [1.54, 1.807) is 31.7 Å². The van der Waals surface area contributed by atoms with Crippen LogP contribution in [0.25, 0.3) is 5.57 Å². The summed E-state index contributed by atoms with van der Waals surface area (Å²) in [6, 6.07) is 13.3. The van der Waals surface area contributed by atoms with Gasteiger partial charge in [-0.3, -0.25) is 9.79 Å². The molecule has 1 amide bonds. The Hall–Kier alpha value is -4.07. The summed E-state index contributed by atoms with van der Waals surface area (Å²) >= 11 is 0. The molecule has 206 valence electrons. The summed E-state index contributed by atoms with van der Waals surface area (Å²) in [5.74, 6) is 0.352. The summed E-state index contributed by atoms with van der Waals surface area (Å²) in [5.41, 5.74) is 8.05. The van der Waals surface area contributed by atoms with Gasteiger partial charge in [-0.1, -0.05) is 24.3 Å². The predicted molar refractivity (Wildman–Crippen MR) is 151 cm³/mol. The molecule has 1 saturated carbocycles. The molecule has 39 heavy (non-hydrogen) atoms. The molecule has 10 nitrogen and oxygen atoms in total. The molecule has 1 aliphatic carbocycles. The number of ether oxygens (including phenoxy) is 2. The lowest BCUT2D eigenvalue weighted by Gasteiger charge is -2.19. The molecule has 0 aliphatic heterocycles. The molecule has 1 fully saturated rings. The first-order valence-corrected chi connectivity index (χ1v) is 13.0. The van der Waals surface area contributed by atoms with E-state index in [1.165, 1.54) is 6.20 Å². The normalized spacial score (nSPS) is 14.9. The maximum Gasteiger partial charge on any atom is 0.229 e. The highest BCUT2D eigenvalue weighted by Gasteiger charge is 2.45. The average molecular weight is 533 g/mol. The van der Waals surface area contributed by atoms with Crippen LogP contribution in [0.2, 0.25) is 0 Å². The number of nitriles is 1. The van der Waals surface area contributed by atoms with Crippen LogP contribution in [0.1, 0.15) is 30.4 Å². The van der Waals surface area contributed by atoms with E-state index in [0.29, 0.717) is 45.1 Å². The number of carbonyl (C=O) groups excluding carboxylic acids is 2. The number of anilines is 2. The zero-order chi connectivity index (χ0) is 27.9. The van der Waals surface area contributed by atoms with Crippen LogP contribution >= 0.6 is 0 Å². The summed E-state index contributed by atoms with van der Waals surface area (Å²) in [6.07, 6.45) is 7.99. The van der Waals surface area contributed by atoms with Gasteiger partial charge in [0.05, 0.1) is 38.9 Å². The molecular weight excluding hydrogens is 496 g/mol. The molecule has 2 aromatic rings. The number of nitrogens with zero attached hydrogens (tertiary/aromatic N) is 3. The summed E-state index contributed by atoms with van der Waals surface area (Å²) in [4.78, 5) is 32.9. The molecule has 1 aromatic heterocycles. The minimum atomic E-state index is -0.922. The van der Waals surface area contributed by atoms with E-state index in [4.69, 9.17) is 15.2 Å².